The van der Waals surface area contributed by atoms with E-state index < -0.39 is 5.97 Å². The zero-order valence-electron chi connectivity index (χ0n) is 14.4. The zero-order valence-corrected chi connectivity index (χ0v) is 14.4. The molecule has 0 aliphatic carbocycles. The lowest BCUT2D eigenvalue weighted by Gasteiger charge is -2.35. The van der Waals surface area contributed by atoms with Gasteiger partial charge in [0.2, 0.25) is 5.91 Å². The van der Waals surface area contributed by atoms with Crippen LogP contribution in [0.25, 0.3) is 11.1 Å². The first-order chi connectivity index (χ1) is 11.5. The SMILES string of the molecule is CCOC(=O)c1cc2occc2n1CC(=O)N1CC(C)CC(C)C1. The van der Waals surface area contributed by atoms with E-state index in [0.29, 0.717) is 29.7 Å². The molecule has 1 saturated heterocycles. The van der Waals surface area contributed by atoms with Crippen LogP contribution in [0.15, 0.2) is 22.8 Å². The van der Waals surface area contributed by atoms with Crippen molar-refractivity contribution in [2.45, 2.75) is 33.7 Å². The number of nitrogens with zero attached hydrogens (tertiary/aromatic N) is 2. The van der Waals surface area contributed by atoms with Crippen LogP contribution in [0.1, 0.15) is 37.7 Å². The number of piperidine rings is 1. The molecule has 0 N–H and O–H groups in total. The number of hydrogen-bond donors (Lipinski definition) is 0. The topological polar surface area (TPSA) is 64.7 Å². The van der Waals surface area contributed by atoms with Crippen molar-refractivity contribution in [3.63, 3.8) is 0 Å². The standard InChI is InChI=1S/C18H24N2O4/c1-4-23-18(22)15-8-16-14(5-6-24-16)20(15)11-17(21)19-9-12(2)7-13(3)10-19/h5-6,8,12-13H,4,7,9-11H2,1-3H3. The molecular formula is C18H24N2O4. The van der Waals surface area contributed by atoms with Crippen molar-refractivity contribution in [3.8, 4) is 0 Å². The van der Waals surface area contributed by atoms with E-state index in [-0.39, 0.29) is 12.5 Å². The highest BCUT2D eigenvalue weighted by Crippen LogP contribution is 2.24. The van der Waals surface area contributed by atoms with Crippen LogP contribution >= 0.6 is 0 Å². The van der Waals surface area contributed by atoms with Crippen LogP contribution < -0.4 is 0 Å². The van der Waals surface area contributed by atoms with E-state index in [1.165, 1.54) is 0 Å². The fourth-order valence-corrected chi connectivity index (χ4v) is 3.62. The Labute approximate surface area is 141 Å². The molecule has 6 nitrogen and oxygen atoms in total. The molecular weight excluding hydrogens is 308 g/mol. The molecule has 0 bridgehead atoms. The minimum absolute atomic E-state index is 0.0256. The molecule has 0 saturated carbocycles. The van der Waals surface area contributed by atoms with Gasteiger partial charge in [-0.25, -0.2) is 4.79 Å². The first-order valence-corrected chi connectivity index (χ1v) is 8.51. The Bertz CT molecular complexity index is 735. The highest BCUT2D eigenvalue weighted by atomic mass is 16.5. The summed E-state index contributed by atoms with van der Waals surface area (Å²) in [6.07, 6.45) is 2.71. The molecule has 3 heterocycles. The number of aromatic nitrogens is 1. The summed E-state index contributed by atoms with van der Waals surface area (Å²) in [4.78, 5) is 26.9. The predicted molar refractivity (Wildman–Crippen MR) is 89.7 cm³/mol. The summed E-state index contributed by atoms with van der Waals surface area (Å²) >= 11 is 0. The molecule has 24 heavy (non-hydrogen) atoms. The molecule has 0 spiro atoms. The fraction of sp³-hybridized carbons (Fsp3) is 0.556. The lowest BCUT2D eigenvalue weighted by atomic mass is 9.92. The Hall–Kier alpha value is -2.24. The van der Waals surface area contributed by atoms with Crippen molar-refractivity contribution < 1.29 is 18.7 Å². The summed E-state index contributed by atoms with van der Waals surface area (Å²) in [6, 6.07) is 3.41. The third kappa shape index (κ3) is 3.18. The van der Waals surface area contributed by atoms with Gasteiger partial charge in [-0.15, -0.1) is 0 Å². The Kier molecular flexibility index (Phi) is 4.64. The van der Waals surface area contributed by atoms with Crippen molar-refractivity contribution in [1.82, 2.24) is 9.47 Å². The Morgan fingerprint density at radius 3 is 2.67 bits per heavy atom. The van der Waals surface area contributed by atoms with Crippen LogP contribution in [0.4, 0.5) is 0 Å². The Morgan fingerprint density at radius 2 is 2.00 bits per heavy atom. The molecule has 3 rings (SSSR count). The highest BCUT2D eigenvalue weighted by Gasteiger charge is 2.27. The molecule has 1 fully saturated rings. The third-order valence-electron chi connectivity index (χ3n) is 4.52. The van der Waals surface area contributed by atoms with Crippen LogP contribution in [-0.2, 0) is 16.1 Å². The summed E-state index contributed by atoms with van der Waals surface area (Å²) in [7, 11) is 0. The number of carbonyl (C=O) groups excluding carboxylic acids is 2. The van der Waals surface area contributed by atoms with Gasteiger partial charge < -0.3 is 18.6 Å². The fourth-order valence-electron chi connectivity index (χ4n) is 3.62. The summed E-state index contributed by atoms with van der Waals surface area (Å²) in [5, 5.41) is 0. The predicted octanol–water partition coefficient (Wildman–Crippen LogP) is 2.92. The van der Waals surface area contributed by atoms with Crippen molar-refractivity contribution in [2.75, 3.05) is 19.7 Å². The van der Waals surface area contributed by atoms with E-state index in [9.17, 15) is 9.59 Å². The summed E-state index contributed by atoms with van der Waals surface area (Å²) in [5.74, 6) is 0.594. The van der Waals surface area contributed by atoms with Gasteiger partial charge in [0, 0.05) is 25.2 Å². The van der Waals surface area contributed by atoms with Crippen molar-refractivity contribution in [3.05, 3.63) is 24.1 Å². The van der Waals surface area contributed by atoms with Crippen molar-refractivity contribution in [2.24, 2.45) is 11.8 Å². The molecule has 2 unspecified atom stereocenters. The number of esters is 1. The van der Waals surface area contributed by atoms with Crippen molar-refractivity contribution >= 4 is 23.0 Å². The van der Waals surface area contributed by atoms with Gasteiger partial charge in [0.05, 0.1) is 18.4 Å². The van der Waals surface area contributed by atoms with Gasteiger partial charge in [-0.1, -0.05) is 13.8 Å². The summed E-state index contributed by atoms with van der Waals surface area (Å²) in [6.45, 7) is 8.06. The second-order valence-corrected chi connectivity index (χ2v) is 6.75. The van der Waals surface area contributed by atoms with Gasteiger partial charge in [-0.05, 0) is 25.2 Å². The molecule has 1 amide bonds. The third-order valence-corrected chi connectivity index (χ3v) is 4.52. The zero-order chi connectivity index (χ0) is 17.3. The molecule has 1 aliphatic rings. The van der Waals surface area contributed by atoms with Crippen LogP contribution in [-0.4, -0.2) is 41.0 Å². The molecule has 2 aromatic rings. The van der Waals surface area contributed by atoms with Crippen LogP contribution in [0.2, 0.25) is 0 Å². The minimum atomic E-state index is -0.433. The molecule has 6 heteroatoms. The van der Waals surface area contributed by atoms with Gasteiger partial charge in [0.25, 0.3) is 0 Å². The molecule has 0 aromatic carbocycles. The first-order valence-electron chi connectivity index (χ1n) is 8.51. The monoisotopic (exact) mass is 332 g/mol. The van der Waals surface area contributed by atoms with Gasteiger partial charge in [0.1, 0.15) is 12.2 Å². The van der Waals surface area contributed by atoms with Crippen LogP contribution in [0, 0.1) is 11.8 Å². The number of rotatable bonds is 4. The van der Waals surface area contributed by atoms with E-state index in [1.807, 2.05) is 4.90 Å². The van der Waals surface area contributed by atoms with Gasteiger partial charge >= 0.3 is 5.97 Å². The number of ether oxygens (including phenoxy) is 1. The Morgan fingerprint density at radius 1 is 1.29 bits per heavy atom. The summed E-state index contributed by atoms with van der Waals surface area (Å²) < 4.78 is 12.2. The maximum atomic E-state index is 12.8. The number of carbonyl (C=O) groups is 2. The molecule has 130 valence electrons. The average Bonchev–Trinajstić information content (AvgIpc) is 3.09. The second kappa shape index (κ2) is 6.71. The molecule has 1 aliphatic heterocycles. The summed E-state index contributed by atoms with van der Waals surface area (Å²) in [5.41, 5.74) is 1.69. The quantitative estimate of drug-likeness (QED) is 0.808. The molecule has 2 aromatic heterocycles. The van der Waals surface area contributed by atoms with Crippen LogP contribution in [0.3, 0.4) is 0 Å². The van der Waals surface area contributed by atoms with Gasteiger partial charge in [-0.2, -0.15) is 0 Å². The van der Waals surface area contributed by atoms with E-state index in [2.05, 4.69) is 13.8 Å². The van der Waals surface area contributed by atoms with E-state index in [0.717, 1.165) is 25.0 Å². The molecule has 2 atom stereocenters. The largest absolute Gasteiger partial charge is 0.463 e. The molecule has 0 radical (unpaired) electrons. The van der Waals surface area contributed by atoms with Gasteiger partial charge in [-0.3, -0.25) is 4.79 Å². The Balaban J connectivity index is 1.85. The van der Waals surface area contributed by atoms with Crippen LogP contribution in [0.5, 0.6) is 0 Å². The smallest absolute Gasteiger partial charge is 0.355 e. The van der Waals surface area contributed by atoms with E-state index in [1.54, 1.807) is 29.9 Å². The maximum Gasteiger partial charge on any atom is 0.355 e. The number of likely N-dealkylation sites (tertiary alicyclic amines) is 1. The lowest BCUT2D eigenvalue weighted by Crippen LogP contribution is -2.44. The normalized spacial score (nSPS) is 21.2. The van der Waals surface area contributed by atoms with E-state index in [4.69, 9.17) is 9.15 Å². The number of furan rings is 1. The highest BCUT2D eigenvalue weighted by molar-refractivity contribution is 5.95. The maximum absolute atomic E-state index is 12.8. The second-order valence-electron chi connectivity index (χ2n) is 6.75. The number of hydrogen-bond acceptors (Lipinski definition) is 4. The first kappa shape index (κ1) is 16.6. The number of fused-ring (bicyclic) bond motifs is 1. The number of amides is 1. The van der Waals surface area contributed by atoms with Crippen molar-refractivity contribution in [1.29, 1.82) is 0 Å². The lowest BCUT2D eigenvalue weighted by molar-refractivity contribution is -0.134. The van der Waals surface area contributed by atoms with E-state index >= 15 is 0 Å². The minimum Gasteiger partial charge on any atom is -0.463 e. The van der Waals surface area contributed by atoms with Gasteiger partial charge in [0.15, 0.2) is 5.58 Å². The average molecular weight is 332 g/mol.